The first-order chi connectivity index (χ1) is 12.9. The molecule has 0 aliphatic rings. The molecule has 0 fully saturated rings. The van der Waals surface area contributed by atoms with E-state index >= 15 is 0 Å². The highest BCUT2D eigenvalue weighted by atomic mass is 32.1. The second-order valence-corrected chi connectivity index (χ2v) is 7.66. The fraction of sp³-hybridized carbons (Fsp3) is 0.350. The number of aromatic nitrogens is 2. The first kappa shape index (κ1) is 19.3. The molecule has 3 aromatic rings. The molecule has 0 amide bonds. The van der Waals surface area contributed by atoms with Crippen LogP contribution in [-0.4, -0.2) is 21.2 Å². The highest BCUT2D eigenvalue weighted by molar-refractivity contribution is 7.15. The lowest BCUT2D eigenvalue weighted by molar-refractivity contribution is -0.136. The molecule has 7 heteroatoms. The van der Waals surface area contributed by atoms with Gasteiger partial charge in [-0.15, -0.1) is 11.3 Å². The lowest BCUT2D eigenvalue weighted by Crippen LogP contribution is -2.03. The summed E-state index contributed by atoms with van der Waals surface area (Å²) in [4.78, 5) is 17.5. The third-order valence-electron chi connectivity index (χ3n) is 4.64. The fourth-order valence-electron chi connectivity index (χ4n) is 3.19. The molecule has 0 spiro atoms. The minimum Gasteiger partial charge on any atom is -0.481 e. The fourth-order valence-corrected chi connectivity index (χ4v) is 4.17. The molecule has 0 saturated carbocycles. The van der Waals surface area contributed by atoms with Crippen molar-refractivity contribution in [2.45, 2.75) is 46.6 Å². The Morgan fingerprint density at radius 2 is 2.04 bits per heavy atom. The Hall–Kier alpha value is -2.51. The summed E-state index contributed by atoms with van der Waals surface area (Å²) in [6, 6.07) is 6.04. The van der Waals surface area contributed by atoms with Gasteiger partial charge < -0.3 is 15.4 Å². The summed E-state index contributed by atoms with van der Waals surface area (Å²) in [5.74, 6) is 0.239. The van der Waals surface area contributed by atoms with E-state index in [4.69, 9.17) is 15.4 Å². The molecule has 2 aromatic heterocycles. The number of carboxylic acid groups (broad SMARTS) is 1. The Bertz CT molecular complexity index is 975. The Labute approximate surface area is 162 Å². The largest absolute Gasteiger partial charge is 0.481 e. The topological polar surface area (TPSA) is 102 Å². The zero-order chi connectivity index (χ0) is 19.6. The third-order valence-corrected chi connectivity index (χ3v) is 5.88. The smallest absolute Gasteiger partial charge is 0.303 e. The average molecular weight is 385 g/mol. The van der Waals surface area contributed by atoms with Crippen LogP contribution in [0.1, 0.15) is 40.5 Å². The number of carbonyl (C=O) groups is 1. The molecule has 2 heterocycles. The van der Waals surface area contributed by atoms with Crippen molar-refractivity contribution in [1.82, 2.24) is 10.1 Å². The maximum Gasteiger partial charge on any atom is 0.303 e. The van der Waals surface area contributed by atoms with E-state index in [2.05, 4.69) is 17.1 Å². The highest BCUT2D eigenvalue weighted by Crippen LogP contribution is 2.32. The number of aryl methyl sites for hydroxylation is 3. The van der Waals surface area contributed by atoms with Crippen molar-refractivity contribution in [3.05, 3.63) is 45.3 Å². The van der Waals surface area contributed by atoms with Gasteiger partial charge in [-0.05, 0) is 67.1 Å². The van der Waals surface area contributed by atoms with E-state index in [0.29, 0.717) is 24.7 Å². The number of carboxylic acids is 1. The Morgan fingerprint density at radius 1 is 1.26 bits per heavy atom. The molecule has 0 aliphatic carbocycles. The molecular weight excluding hydrogens is 362 g/mol. The van der Waals surface area contributed by atoms with E-state index in [1.165, 1.54) is 0 Å². The minimum absolute atomic E-state index is 0.126. The van der Waals surface area contributed by atoms with Crippen LogP contribution < -0.4 is 5.73 Å². The van der Waals surface area contributed by atoms with Gasteiger partial charge in [0.15, 0.2) is 0 Å². The van der Waals surface area contributed by atoms with Crippen molar-refractivity contribution >= 4 is 17.3 Å². The molecule has 0 bridgehead atoms. The summed E-state index contributed by atoms with van der Waals surface area (Å²) < 4.78 is 5.47. The maximum atomic E-state index is 10.9. The summed E-state index contributed by atoms with van der Waals surface area (Å²) >= 11 is 1.57. The van der Waals surface area contributed by atoms with E-state index in [1.54, 1.807) is 11.3 Å². The summed E-state index contributed by atoms with van der Waals surface area (Å²) in [6.07, 6.45) is 1.47. The van der Waals surface area contributed by atoms with Gasteiger partial charge in [-0.3, -0.25) is 4.79 Å². The lowest BCUT2D eigenvalue weighted by Gasteiger charge is -2.12. The van der Waals surface area contributed by atoms with Gasteiger partial charge in [0.25, 0.3) is 5.89 Å². The number of rotatable bonds is 7. The number of thiophene rings is 1. The van der Waals surface area contributed by atoms with Crippen LogP contribution in [0.3, 0.4) is 0 Å². The predicted molar refractivity (Wildman–Crippen MR) is 106 cm³/mol. The van der Waals surface area contributed by atoms with Crippen LogP contribution in [-0.2, 0) is 24.2 Å². The monoisotopic (exact) mass is 385 g/mol. The second-order valence-electron chi connectivity index (χ2n) is 6.52. The summed E-state index contributed by atoms with van der Waals surface area (Å²) in [7, 11) is 0. The zero-order valence-electron chi connectivity index (χ0n) is 15.7. The van der Waals surface area contributed by atoms with Crippen molar-refractivity contribution in [3.8, 4) is 22.2 Å². The number of aliphatic carboxylic acids is 1. The van der Waals surface area contributed by atoms with Crippen molar-refractivity contribution in [2.24, 2.45) is 5.73 Å². The van der Waals surface area contributed by atoms with E-state index < -0.39 is 5.97 Å². The molecule has 1 aromatic carbocycles. The number of nitrogens with two attached hydrogens (primary N) is 1. The molecule has 0 unspecified atom stereocenters. The number of benzene rings is 1. The molecule has 27 heavy (non-hydrogen) atoms. The zero-order valence-corrected chi connectivity index (χ0v) is 16.5. The summed E-state index contributed by atoms with van der Waals surface area (Å²) in [5.41, 5.74) is 11.0. The van der Waals surface area contributed by atoms with Gasteiger partial charge in [0.2, 0.25) is 5.82 Å². The third kappa shape index (κ3) is 4.09. The second kappa shape index (κ2) is 8.02. The first-order valence-electron chi connectivity index (χ1n) is 8.91. The quantitative estimate of drug-likeness (QED) is 0.634. The van der Waals surface area contributed by atoms with Crippen LogP contribution in [0.2, 0.25) is 0 Å². The molecule has 0 saturated heterocycles. The van der Waals surface area contributed by atoms with E-state index in [9.17, 15) is 4.79 Å². The van der Waals surface area contributed by atoms with Gasteiger partial charge >= 0.3 is 5.97 Å². The predicted octanol–water partition coefficient (Wildman–Crippen LogP) is 4.12. The summed E-state index contributed by atoms with van der Waals surface area (Å²) in [5, 5.41) is 13.1. The van der Waals surface area contributed by atoms with Gasteiger partial charge in [0.1, 0.15) is 0 Å². The van der Waals surface area contributed by atoms with E-state index in [0.717, 1.165) is 44.0 Å². The molecule has 3 N–H and O–H groups in total. The SMILES string of the molecule is CCc1cc(-c2noc(-c3cc(C)c(CN)s3)n2)cc(C)c1CCC(=O)O. The van der Waals surface area contributed by atoms with Crippen LogP contribution in [0.15, 0.2) is 22.7 Å². The van der Waals surface area contributed by atoms with Gasteiger partial charge in [0, 0.05) is 23.4 Å². The van der Waals surface area contributed by atoms with Crippen LogP contribution in [0.25, 0.3) is 22.2 Å². The Balaban J connectivity index is 1.93. The van der Waals surface area contributed by atoms with E-state index in [1.807, 2.05) is 32.0 Å². The Kier molecular flexibility index (Phi) is 5.72. The van der Waals surface area contributed by atoms with Crippen LogP contribution in [0.5, 0.6) is 0 Å². The molecule has 0 atom stereocenters. The number of hydrogen-bond acceptors (Lipinski definition) is 6. The highest BCUT2D eigenvalue weighted by Gasteiger charge is 2.16. The molecule has 0 radical (unpaired) electrons. The molecular formula is C20H23N3O3S. The van der Waals surface area contributed by atoms with Crippen LogP contribution in [0, 0.1) is 13.8 Å². The van der Waals surface area contributed by atoms with Crippen molar-refractivity contribution in [2.75, 3.05) is 0 Å². The van der Waals surface area contributed by atoms with Crippen molar-refractivity contribution in [3.63, 3.8) is 0 Å². The Morgan fingerprint density at radius 3 is 2.67 bits per heavy atom. The standard InChI is InChI=1S/C20H23N3O3S/c1-4-13-9-14(7-11(2)15(13)5-6-18(24)25)19-22-20(26-23-19)16-8-12(3)17(10-21)27-16/h7-9H,4-6,10,21H2,1-3H3,(H,24,25). The van der Waals surface area contributed by atoms with Crippen LogP contribution >= 0.6 is 11.3 Å². The lowest BCUT2D eigenvalue weighted by atomic mass is 9.93. The molecule has 6 nitrogen and oxygen atoms in total. The normalized spacial score (nSPS) is 11.1. The van der Waals surface area contributed by atoms with Gasteiger partial charge in [-0.25, -0.2) is 0 Å². The first-order valence-corrected chi connectivity index (χ1v) is 9.72. The van der Waals surface area contributed by atoms with Gasteiger partial charge in [0.05, 0.1) is 4.88 Å². The van der Waals surface area contributed by atoms with Crippen molar-refractivity contribution < 1.29 is 14.4 Å². The van der Waals surface area contributed by atoms with Gasteiger partial charge in [-0.2, -0.15) is 4.98 Å². The van der Waals surface area contributed by atoms with E-state index in [-0.39, 0.29) is 6.42 Å². The molecule has 3 rings (SSSR count). The van der Waals surface area contributed by atoms with Crippen LogP contribution in [0.4, 0.5) is 0 Å². The van der Waals surface area contributed by atoms with Gasteiger partial charge in [-0.1, -0.05) is 12.1 Å². The molecule has 0 aliphatic heterocycles. The number of hydrogen-bond donors (Lipinski definition) is 2. The summed E-state index contributed by atoms with van der Waals surface area (Å²) in [6.45, 7) is 6.57. The maximum absolute atomic E-state index is 10.9. The average Bonchev–Trinajstić information content (AvgIpc) is 3.26. The minimum atomic E-state index is -0.786. The van der Waals surface area contributed by atoms with Crippen molar-refractivity contribution in [1.29, 1.82) is 0 Å². The number of nitrogens with zero attached hydrogens (tertiary/aromatic N) is 2. The molecule has 142 valence electrons.